The Kier molecular flexibility index (Phi) is 18.2. The van der Waals surface area contributed by atoms with E-state index in [-0.39, 0.29) is 5.82 Å². The van der Waals surface area contributed by atoms with Gasteiger partial charge in [-0.05, 0) is 30.7 Å². The Labute approximate surface area is 107 Å². The van der Waals surface area contributed by atoms with Gasteiger partial charge in [0, 0.05) is 11.3 Å². The molecule has 0 aromatic heterocycles. The molecule has 2 N–H and O–H groups in total. The lowest BCUT2D eigenvalue weighted by atomic mass is 10.1. The number of nitrogens with two attached hydrogens (primary N) is 1. The van der Waals surface area contributed by atoms with Crippen LogP contribution >= 0.6 is 0 Å². The normalized spacial score (nSPS) is 7.29. The van der Waals surface area contributed by atoms with E-state index >= 15 is 0 Å². The van der Waals surface area contributed by atoms with Crippen LogP contribution in [0.15, 0.2) is 24.8 Å². The lowest BCUT2D eigenvalue weighted by molar-refractivity contribution is 0.624. The van der Waals surface area contributed by atoms with Crippen molar-refractivity contribution < 1.29 is 4.39 Å². The third-order valence-corrected chi connectivity index (χ3v) is 1.45. The van der Waals surface area contributed by atoms with Crippen molar-refractivity contribution in [1.29, 1.82) is 0 Å². The van der Waals surface area contributed by atoms with Gasteiger partial charge in [0.2, 0.25) is 0 Å². The molecule has 0 amide bonds. The molecule has 0 atom stereocenters. The van der Waals surface area contributed by atoms with Gasteiger partial charge >= 0.3 is 0 Å². The van der Waals surface area contributed by atoms with Crippen molar-refractivity contribution in [1.82, 2.24) is 0 Å². The van der Waals surface area contributed by atoms with Gasteiger partial charge in [-0.15, -0.1) is 0 Å². The van der Waals surface area contributed by atoms with E-state index in [2.05, 4.69) is 6.58 Å². The van der Waals surface area contributed by atoms with Gasteiger partial charge in [-0.1, -0.05) is 48.1 Å². The molecule has 1 aromatic rings. The third-order valence-electron chi connectivity index (χ3n) is 1.45. The lowest BCUT2D eigenvalue weighted by Crippen LogP contribution is -1.90. The first kappa shape index (κ1) is 21.0. The maximum absolute atomic E-state index is 12.9. The molecular formula is C15H28FN. The molecule has 0 aliphatic carbocycles. The Morgan fingerprint density at radius 1 is 1.06 bits per heavy atom. The number of hydrogen-bond acceptors (Lipinski definition) is 1. The fourth-order valence-electron chi connectivity index (χ4n) is 0.870. The van der Waals surface area contributed by atoms with E-state index in [4.69, 9.17) is 5.73 Å². The van der Waals surface area contributed by atoms with Gasteiger partial charge in [0.1, 0.15) is 5.82 Å². The quantitative estimate of drug-likeness (QED) is 0.644. The second-order valence-electron chi connectivity index (χ2n) is 2.52. The summed E-state index contributed by atoms with van der Waals surface area (Å²) < 4.78 is 12.9. The molecule has 0 aliphatic rings. The number of nitrogen functional groups attached to an aromatic ring is 1. The minimum Gasteiger partial charge on any atom is -0.399 e. The number of halogens is 1. The van der Waals surface area contributed by atoms with Crippen LogP contribution in [0.3, 0.4) is 0 Å². The molecule has 0 unspecified atom stereocenters. The van der Waals surface area contributed by atoms with E-state index in [0.29, 0.717) is 16.8 Å². The van der Waals surface area contributed by atoms with Gasteiger partial charge in [-0.2, -0.15) is 0 Å². The molecule has 2 heteroatoms. The summed E-state index contributed by atoms with van der Waals surface area (Å²) in [7, 11) is 0. The van der Waals surface area contributed by atoms with Crippen LogP contribution in [-0.4, -0.2) is 0 Å². The highest BCUT2D eigenvalue weighted by Crippen LogP contribution is 2.18. The zero-order valence-electron chi connectivity index (χ0n) is 12.4. The molecule has 0 aliphatic heterocycles. The summed E-state index contributed by atoms with van der Waals surface area (Å²) in [5.74, 6) is -0.272. The van der Waals surface area contributed by atoms with Gasteiger partial charge in [0.25, 0.3) is 0 Å². The largest absolute Gasteiger partial charge is 0.399 e. The Morgan fingerprint density at radius 3 is 1.76 bits per heavy atom. The van der Waals surface area contributed by atoms with Crippen LogP contribution in [0.1, 0.15) is 54.0 Å². The molecule has 0 heterocycles. The highest BCUT2D eigenvalue weighted by atomic mass is 19.1. The Bertz CT molecular complexity index is 293. The minimum absolute atomic E-state index is 0.272. The van der Waals surface area contributed by atoms with Crippen molar-refractivity contribution in [2.45, 2.75) is 48.5 Å². The third kappa shape index (κ3) is 9.61. The van der Waals surface area contributed by atoms with E-state index in [1.54, 1.807) is 13.0 Å². The van der Waals surface area contributed by atoms with Gasteiger partial charge in [-0.3, -0.25) is 0 Å². The molecule has 100 valence electrons. The van der Waals surface area contributed by atoms with E-state index < -0.39 is 0 Å². The zero-order valence-corrected chi connectivity index (χ0v) is 12.4. The Hall–Kier alpha value is -1.31. The summed E-state index contributed by atoms with van der Waals surface area (Å²) in [5, 5.41) is 0. The molecule has 1 nitrogen and oxygen atoms in total. The van der Waals surface area contributed by atoms with Crippen molar-refractivity contribution in [3.63, 3.8) is 0 Å². The van der Waals surface area contributed by atoms with Gasteiger partial charge in [0.15, 0.2) is 0 Å². The average Bonchev–Trinajstić information content (AvgIpc) is 2.39. The van der Waals surface area contributed by atoms with Gasteiger partial charge in [-0.25, -0.2) is 4.39 Å². The molecule has 0 saturated heterocycles. The Morgan fingerprint density at radius 2 is 1.47 bits per heavy atom. The first-order valence-corrected chi connectivity index (χ1v) is 6.32. The molecule has 0 bridgehead atoms. The number of rotatable bonds is 1. The fourth-order valence-corrected chi connectivity index (χ4v) is 0.870. The van der Waals surface area contributed by atoms with Gasteiger partial charge < -0.3 is 5.73 Å². The van der Waals surface area contributed by atoms with E-state index in [1.165, 1.54) is 12.1 Å². The van der Waals surface area contributed by atoms with Crippen LogP contribution in [-0.2, 0) is 0 Å². The Balaban J connectivity index is -0.000000285. The van der Waals surface area contributed by atoms with Crippen molar-refractivity contribution >= 4 is 11.3 Å². The highest BCUT2D eigenvalue weighted by Gasteiger charge is 2.01. The van der Waals surface area contributed by atoms with Crippen LogP contribution in [0.2, 0.25) is 0 Å². The summed E-state index contributed by atoms with van der Waals surface area (Å²) >= 11 is 0. The minimum atomic E-state index is -0.272. The number of anilines is 1. The molecular weight excluding hydrogens is 213 g/mol. The predicted molar refractivity (Wildman–Crippen MR) is 79.6 cm³/mol. The maximum Gasteiger partial charge on any atom is 0.130 e. The summed E-state index contributed by atoms with van der Waals surface area (Å²) in [4.78, 5) is 0. The first-order valence-electron chi connectivity index (χ1n) is 6.32. The summed E-state index contributed by atoms with van der Waals surface area (Å²) in [6, 6.07) is 4.46. The van der Waals surface area contributed by atoms with Gasteiger partial charge in [0.05, 0.1) is 0 Å². The van der Waals surface area contributed by atoms with Crippen molar-refractivity contribution in [2.24, 2.45) is 0 Å². The zero-order chi connectivity index (χ0) is 14.4. The molecule has 1 aromatic carbocycles. The van der Waals surface area contributed by atoms with Crippen LogP contribution in [0.4, 0.5) is 10.1 Å². The molecule has 0 fully saturated rings. The van der Waals surface area contributed by atoms with Crippen molar-refractivity contribution in [3.05, 3.63) is 36.2 Å². The maximum atomic E-state index is 12.9. The van der Waals surface area contributed by atoms with Crippen LogP contribution in [0.5, 0.6) is 0 Å². The van der Waals surface area contributed by atoms with Crippen LogP contribution in [0.25, 0.3) is 5.57 Å². The fraction of sp³-hybridized carbons (Fsp3) is 0.467. The number of benzene rings is 1. The van der Waals surface area contributed by atoms with E-state index in [9.17, 15) is 4.39 Å². The second-order valence-corrected chi connectivity index (χ2v) is 2.52. The summed E-state index contributed by atoms with van der Waals surface area (Å²) in [6.07, 6.45) is 0. The SMILES string of the molecule is C=C(C)c1cc(N)ccc1F.CC.CC.CC. The molecule has 1 rings (SSSR count). The lowest BCUT2D eigenvalue weighted by Gasteiger charge is -2.01. The van der Waals surface area contributed by atoms with E-state index in [0.717, 1.165) is 0 Å². The van der Waals surface area contributed by atoms with E-state index in [1.807, 2.05) is 41.5 Å². The summed E-state index contributed by atoms with van der Waals surface area (Å²) in [6.45, 7) is 17.4. The standard InChI is InChI=1S/C9H10FN.3C2H6/c1-6(2)8-5-7(11)3-4-9(8)10;3*1-2/h3-5H,1,11H2,2H3;3*1-2H3. The second kappa shape index (κ2) is 14.7. The smallest absolute Gasteiger partial charge is 0.130 e. The summed E-state index contributed by atoms with van der Waals surface area (Å²) in [5.41, 5.74) is 7.20. The van der Waals surface area contributed by atoms with Crippen molar-refractivity contribution in [2.75, 3.05) is 5.73 Å². The molecule has 17 heavy (non-hydrogen) atoms. The molecule has 0 radical (unpaired) electrons. The average molecular weight is 241 g/mol. The van der Waals surface area contributed by atoms with Crippen LogP contribution < -0.4 is 5.73 Å². The predicted octanol–water partition coefficient (Wildman–Crippen LogP) is 5.52. The van der Waals surface area contributed by atoms with Crippen molar-refractivity contribution in [3.8, 4) is 0 Å². The molecule has 0 spiro atoms. The van der Waals surface area contributed by atoms with Crippen LogP contribution in [0, 0.1) is 5.82 Å². The monoisotopic (exact) mass is 241 g/mol. The first-order chi connectivity index (χ1) is 8.11. The topological polar surface area (TPSA) is 26.0 Å². The number of allylic oxidation sites excluding steroid dienone is 1. The number of hydrogen-bond donors (Lipinski definition) is 1. The highest BCUT2D eigenvalue weighted by molar-refractivity contribution is 5.65. The molecule has 0 saturated carbocycles.